The van der Waals surface area contributed by atoms with E-state index in [0.717, 1.165) is 12.3 Å². The van der Waals surface area contributed by atoms with Crippen LogP contribution < -0.4 is 10.6 Å². The number of hydrogen-bond donors (Lipinski definition) is 2. The zero-order valence-electron chi connectivity index (χ0n) is 12.9. The van der Waals surface area contributed by atoms with Crippen LogP contribution in [0.25, 0.3) is 0 Å². The molecule has 3 rings (SSSR count). The predicted molar refractivity (Wildman–Crippen MR) is 84.9 cm³/mol. The first kappa shape index (κ1) is 14.6. The van der Waals surface area contributed by atoms with Crippen molar-refractivity contribution in [3.8, 4) is 0 Å². The lowest BCUT2D eigenvalue weighted by Crippen LogP contribution is -2.54. The molecule has 1 amide bonds. The van der Waals surface area contributed by atoms with Gasteiger partial charge in [0.05, 0.1) is 6.04 Å². The number of nitrogens with one attached hydrogen (secondary N) is 2. The minimum atomic E-state index is 0.00907. The number of hydrogen-bond acceptors (Lipinski definition) is 2. The molecule has 1 aromatic rings. The SMILES string of the molecule is Cc1ccc(CNC(=O)C2CCC3CCCCC3N2)cc1. The van der Waals surface area contributed by atoms with Gasteiger partial charge in [-0.2, -0.15) is 0 Å². The van der Waals surface area contributed by atoms with Crippen LogP contribution in [0.15, 0.2) is 24.3 Å². The Hall–Kier alpha value is -1.35. The first-order valence-corrected chi connectivity index (χ1v) is 8.31. The van der Waals surface area contributed by atoms with E-state index in [1.54, 1.807) is 0 Å². The summed E-state index contributed by atoms with van der Waals surface area (Å²) in [6.07, 6.45) is 7.46. The zero-order valence-corrected chi connectivity index (χ0v) is 12.9. The van der Waals surface area contributed by atoms with E-state index in [4.69, 9.17) is 0 Å². The number of aryl methyl sites for hydroxylation is 1. The summed E-state index contributed by atoms with van der Waals surface area (Å²) in [6, 6.07) is 8.93. The van der Waals surface area contributed by atoms with E-state index < -0.39 is 0 Å². The van der Waals surface area contributed by atoms with Gasteiger partial charge >= 0.3 is 0 Å². The normalized spacial score (nSPS) is 28.7. The van der Waals surface area contributed by atoms with Crippen LogP contribution in [0.1, 0.15) is 49.7 Å². The molecule has 1 saturated carbocycles. The predicted octanol–water partition coefficient (Wildman–Crippen LogP) is 2.92. The number of rotatable bonds is 3. The van der Waals surface area contributed by atoms with Crippen molar-refractivity contribution in [2.45, 2.75) is 64.1 Å². The molecule has 1 aromatic carbocycles. The van der Waals surface area contributed by atoms with E-state index in [-0.39, 0.29) is 11.9 Å². The van der Waals surface area contributed by atoms with Crippen LogP contribution in [0.3, 0.4) is 0 Å². The Morgan fingerprint density at radius 1 is 1.14 bits per heavy atom. The first-order valence-electron chi connectivity index (χ1n) is 8.31. The molecule has 2 aliphatic rings. The second-order valence-electron chi connectivity index (χ2n) is 6.65. The molecule has 1 heterocycles. The highest BCUT2D eigenvalue weighted by molar-refractivity contribution is 5.81. The van der Waals surface area contributed by atoms with E-state index in [1.807, 2.05) is 0 Å². The second-order valence-corrected chi connectivity index (χ2v) is 6.65. The van der Waals surface area contributed by atoms with Gasteiger partial charge < -0.3 is 10.6 Å². The summed E-state index contributed by atoms with van der Waals surface area (Å²) in [6.45, 7) is 2.71. The first-order chi connectivity index (χ1) is 10.2. The molecular formula is C18H26N2O. The van der Waals surface area contributed by atoms with Gasteiger partial charge in [0, 0.05) is 12.6 Å². The Kier molecular flexibility index (Phi) is 4.59. The van der Waals surface area contributed by atoms with E-state index in [2.05, 4.69) is 41.8 Å². The van der Waals surface area contributed by atoms with Gasteiger partial charge in [0.25, 0.3) is 0 Å². The molecule has 2 N–H and O–H groups in total. The second kappa shape index (κ2) is 6.61. The summed E-state index contributed by atoms with van der Waals surface area (Å²) in [5.74, 6) is 0.972. The lowest BCUT2D eigenvalue weighted by Gasteiger charge is -2.39. The van der Waals surface area contributed by atoms with Crippen molar-refractivity contribution in [3.05, 3.63) is 35.4 Å². The molecule has 3 nitrogen and oxygen atoms in total. The average molecular weight is 286 g/mol. The highest BCUT2D eigenvalue weighted by Gasteiger charge is 2.34. The van der Waals surface area contributed by atoms with Crippen LogP contribution in [-0.2, 0) is 11.3 Å². The monoisotopic (exact) mass is 286 g/mol. The summed E-state index contributed by atoms with van der Waals surface area (Å²) >= 11 is 0. The number of amides is 1. The fourth-order valence-corrected chi connectivity index (χ4v) is 3.72. The molecule has 0 radical (unpaired) electrons. The number of carbonyl (C=O) groups excluding carboxylic acids is 1. The van der Waals surface area contributed by atoms with Crippen molar-refractivity contribution < 1.29 is 4.79 Å². The summed E-state index contributed by atoms with van der Waals surface area (Å²) < 4.78 is 0. The quantitative estimate of drug-likeness (QED) is 0.897. The van der Waals surface area contributed by atoms with Gasteiger partial charge in [-0.15, -0.1) is 0 Å². The fourth-order valence-electron chi connectivity index (χ4n) is 3.72. The van der Waals surface area contributed by atoms with Gasteiger partial charge in [0.1, 0.15) is 0 Å². The molecule has 1 saturated heterocycles. The molecule has 3 unspecified atom stereocenters. The van der Waals surface area contributed by atoms with E-state index in [9.17, 15) is 4.79 Å². The van der Waals surface area contributed by atoms with Crippen LogP contribution in [0.2, 0.25) is 0 Å². The van der Waals surface area contributed by atoms with Gasteiger partial charge in [0.15, 0.2) is 0 Å². The summed E-state index contributed by atoms with van der Waals surface area (Å²) in [7, 11) is 0. The van der Waals surface area contributed by atoms with Crippen LogP contribution in [0.4, 0.5) is 0 Å². The maximum Gasteiger partial charge on any atom is 0.237 e. The van der Waals surface area contributed by atoms with Crippen LogP contribution >= 0.6 is 0 Å². The Labute approximate surface area is 127 Å². The molecular weight excluding hydrogens is 260 g/mol. The Bertz CT molecular complexity index is 482. The molecule has 0 aromatic heterocycles. The topological polar surface area (TPSA) is 41.1 Å². The molecule has 1 aliphatic heterocycles. The molecule has 3 atom stereocenters. The third-order valence-electron chi connectivity index (χ3n) is 5.05. The lowest BCUT2D eigenvalue weighted by atomic mass is 9.77. The van der Waals surface area contributed by atoms with Crippen molar-refractivity contribution in [2.75, 3.05) is 0 Å². The molecule has 3 heteroatoms. The number of benzene rings is 1. The Morgan fingerprint density at radius 3 is 2.71 bits per heavy atom. The highest BCUT2D eigenvalue weighted by atomic mass is 16.2. The molecule has 21 heavy (non-hydrogen) atoms. The number of fused-ring (bicyclic) bond motifs is 1. The Balaban J connectivity index is 1.50. The third-order valence-corrected chi connectivity index (χ3v) is 5.05. The fraction of sp³-hybridized carbons (Fsp3) is 0.611. The van der Waals surface area contributed by atoms with Crippen LogP contribution in [-0.4, -0.2) is 18.0 Å². The molecule has 0 bridgehead atoms. The maximum atomic E-state index is 12.3. The van der Waals surface area contributed by atoms with Gasteiger partial charge in [-0.25, -0.2) is 0 Å². The average Bonchev–Trinajstić information content (AvgIpc) is 2.53. The van der Waals surface area contributed by atoms with E-state index >= 15 is 0 Å². The molecule has 114 valence electrons. The summed E-state index contributed by atoms with van der Waals surface area (Å²) in [5, 5.41) is 6.67. The largest absolute Gasteiger partial charge is 0.351 e. The summed E-state index contributed by atoms with van der Waals surface area (Å²) in [4.78, 5) is 12.3. The Morgan fingerprint density at radius 2 is 1.90 bits per heavy atom. The number of piperidine rings is 1. The summed E-state index contributed by atoms with van der Waals surface area (Å²) in [5.41, 5.74) is 2.42. The van der Waals surface area contributed by atoms with Crippen molar-refractivity contribution in [1.82, 2.24) is 10.6 Å². The lowest BCUT2D eigenvalue weighted by molar-refractivity contribution is -0.124. The maximum absolute atomic E-state index is 12.3. The van der Waals surface area contributed by atoms with Crippen molar-refractivity contribution in [1.29, 1.82) is 0 Å². The zero-order chi connectivity index (χ0) is 14.7. The minimum absolute atomic E-state index is 0.00907. The third kappa shape index (κ3) is 3.65. The van der Waals surface area contributed by atoms with E-state index in [0.29, 0.717) is 12.6 Å². The van der Waals surface area contributed by atoms with Gasteiger partial charge in [-0.05, 0) is 44.1 Å². The molecule has 2 fully saturated rings. The standard InChI is InChI=1S/C18H26N2O/c1-13-6-8-14(9-7-13)12-19-18(21)17-11-10-15-4-2-3-5-16(15)20-17/h6-9,15-17,20H,2-5,10-12H2,1H3,(H,19,21). The van der Waals surface area contributed by atoms with Crippen molar-refractivity contribution >= 4 is 5.91 Å². The van der Waals surface area contributed by atoms with Crippen LogP contribution in [0, 0.1) is 12.8 Å². The van der Waals surface area contributed by atoms with Crippen molar-refractivity contribution in [2.24, 2.45) is 5.92 Å². The van der Waals surface area contributed by atoms with E-state index in [1.165, 1.54) is 43.2 Å². The molecule has 0 spiro atoms. The van der Waals surface area contributed by atoms with Gasteiger partial charge in [-0.1, -0.05) is 42.7 Å². The highest BCUT2D eigenvalue weighted by Crippen LogP contribution is 2.32. The van der Waals surface area contributed by atoms with Gasteiger partial charge in [0.2, 0.25) is 5.91 Å². The molecule has 1 aliphatic carbocycles. The number of carbonyl (C=O) groups is 1. The smallest absolute Gasteiger partial charge is 0.237 e. The van der Waals surface area contributed by atoms with Crippen LogP contribution in [0.5, 0.6) is 0 Å². The minimum Gasteiger partial charge on any atom is -0.351 e. The van der Waals surface area contributed by atoms with Crippen molar-refractivity contribution in [3.63, 3.8) is 0 Å². The van der Waals surface area contributed by atoms with Gasteiger partial charge in [-0.3, -0.25) is 4.79 Å².